The van der Waals surface area contributed by atoms with Crippen LogP contribution in [0, 0.1) is 0 Å². The van der Waals surface area contributed by atoms with Crippen molar-refractivity contribution in [1.82, 2.24) is 4.57 Å². The van der Waals surface area contributed by atoms with E-state index in [1.54, 1.807) is 0 Å². The van der Waals surface area contributed by atoms with Crippen molar-refractivity contribution in [2.75, 3.05) is 0 Å². The highest BCUT2D eigenvalue weighted by molar-refractivity contribution is 6.25. The van der Waals surface area contributed by atoms with E-state index in [0.29, 0.717) is 0 Å². The van der Waals surface area contributed by atoms with Crippen molar-refractivity contribution in [2.24, 2.45) is 0 Å². The van der Waals surface area contributed by atoms with Gasteiger partial charge in [-0.3, -0.25) is 0 Å². The zero-order valence-corrected chi connectivity index (χ0v) is 29.0. The van der Waals surface area contributed by atoms with Gasteiger partial charge in [0.25, 0.3) is 0 Å². The Hall–Kier alpha value is -6.96. The molecular weight excluding hydrogens is 639 g/mol. The van der Waals surface area contributed by atoms with E-state index in [0.717, 1.165) is 0 Å². The van der Waals surface area contributed by atoms with Gasteiger partial charge in [0.05, 0.1) is 11.0 Å². The van der Waals surface area contributed by atoms with Gasteiger partial charge in [0.2, 0.25) is 0 Å². The lowest BCUT2D eigenvalue weighted by atomic mass is 9.89. The molecule has 0 fully saturated rings. The molecule has 246 valence electrons. The van der Waals surface area contributed by atoms with Crippen LogP contribution in [-0.4, -0.2) is 4.57 Å². The van der Waals surface area contributed by atoms with Crippen LogP contribution in [-0.2, 0) is 0 Å². The normalized spacial score (nSPS) is 11.8. The maximum absolute atomic E-state index is 2.43. The van der Waals surface area contributed by atoms with Crippen molar-refractivity contribution in [3.63, 3.8) is 0 Å². The number of para-hydroxylation sites is 1. The van der Waals surface area contributed by atoms with Crippen molar-refractivity contribution in [3.05, 3.63) is 200 Å². The molecule has 10 aromatic carbocycles. The smallest absolute Gasteiger partial charge is 0.0553 e. The Bertz CT molecular complexity index is 3040. The lowest BCUT2D eigenvalue weighted by Gasteiger charge is -2.15. The average molecular weight is 672 g/mol. The first kappa shape index (κ1) is 29.7. The fraction of sp³-hybridized carbons (Fsp3) is 0. The van der Waals surface area contributed by atoms with Gasteiger partial charge in [-0.05, 0) is 125 Å². The molecule has 1 aromatic heterocycles. The molecule has 0 amide bonds. The van der Waals surface area contributed by atoms with Crippen molar-refractivity contribution in [1.29, 1.82) is 0 Å². The summed E-state index contributed by atoms with van der Waals surface area (Å²) in [6, 6.07) is 73.6. The van der Waals surface area contributed by atoms with Crippen LogP contribution in [0.4, 0.5) is 0 Å². The second kappa shape index (κ2) is 11.8. The molecule has 0 aliphatic heterocycles. The van der Waals surface area contributed by atoms with E-state index in [2.05, 4.69) is 205 Å². The van der Waals surface area contributed by atoms with Crippen molar-refractivity contribution < 1.29 is 0 Å². The van der Waals surface area contributed by atoms with Crippen molar-refractivity contribution >= 4 is 54.1 Å². The van der Waals surface area contributed by atoms with Gasteiger partial charge in [0.15, 0.2) is 0 Å². The summed E-state index contributed by atoms with van der Waals surface area (Å²) >= 11 is 0. The minimum absolute atomic E-state index is 1.18. The predicted octanol–water partition coefficient (Wildman–Crippen LogP) is 14.3. The molecule has 11 rings (SSSR count). The lowest BCUT2D eigenvalue weighted by molar-refractivity contribution is 1.18. The molecule has 0 bridgehead atoms. The SMILES string of the molecule is c1ccc(-n2c3cccc4ccc5cc(-c6ccc(-c7cc(-c8cccc9ccccc89)cc(-c8cccc9ccccc89)c7)cc6)cc2c5c43)cc1. The maximum Gasteiger partial charge on any atom is 0.0553 e. The molecular formula is C52H33N. The van der Waals surface area contributed by atoms with Gasteiger partial charge in [-0.25, -0.2) is 0 Å². The minimum atomic E-state index is 1.18. The zero-order chi connectivity index (χ0) is 34.9. The summed E-state index contributed by atoms with van der Waals surface area (Å²) in [6.45, 7) is 0. The summed E-state index contributed by atoms with van der Waals surface area (Å²) in [5, 5.41) is 10.2. The minimum Gasteiger partial charge on any atom is -0.309 e. The fourth-order valence-electron chi connectivity index (χ4n) is 8.63. The number of fused-ring (bicyclic) bond motifs is 2. The largest absolute Gasteiger partial charge is 0.309 e. The molecule has 0 saturated heterocycles. The van der Waals surface area contributed by atoms with Gasteiger partial charge < -0.3 is 4.57 Å². The monoisotopic (exact) mass is 671 g/mol. The van der Waals surface area contributed by atoms with Crippen LogP contribution >= 0.6 is 0 Å². The van der Waals surface area contributed by atoms with Crippen LogP contribution < -0.4 is 0 Å². The Morgan fingerprint density at radius 2 is 0.755 bits per heavy atom. The molecule has 0 unspecified atom stereocenters. The second-order valence-electron chi connectivity index (χ2n) is 14.1. The lowest BCUT2D eigenvalue weighted by Crippen LogP contribution is -1.93. The van der Waals surface area contributed by atoms with E-state index in [-0.39, 0.29) is 0 Å². The van der Waals surface area contributed by atoms with Crippen LogP contribution in [0.3, 0.4) is 0 Å². The molecule has 11 aromatic rings. The van der Waals surface area contributed by atoms with Crippen LogP contribution in [0.25, 0.3) is 104 Å². The van der Waals surface area contributed by atoms with Crippen LogP contribution in [0.15, 0.2) is 200 Å². The van der Waals surface area contributed by atoms with E-state index in [1.807, 2.05) is 0 Å². The van der Waals surface area contributed by atoms with E-state index < -0.39 is 0 Å². The summed E-state index contributed by atoms with van der Waals surface area (Å²) in [7, 11) is 0. The number of hydrogen-bond donors (Lipinski definition) is 0. The molecule has 0 aliphatic carbocycles. The number of rotatable bonds is 5. The predicted molar refractivity (Wildman–Crippen MR) is 226 cm³/mol. The average Bonchev–Trinajstić information content (AvgIpc) is 3.58. The maximum atomic E-state index is 2.43. The summed E-state index contributed by atoms with van der Waals surface area (Å²) in [5.41, 5.74) is 13.4. The van der Waals surface area contributed by atoms with Crippen LogP contribution in [0.2, 0.25) is 0 Å². The fourth-order valence-corrected chi connectivity index (χ4v) is 8.63. The highest BCUT2D eigenvalue weighted by atomic mass is 15.0. The third-order valence-electron chi connectivity index (χ3n) is 11.1. The Morgan fingerprint density at radius 3 is 1.42 bits per heavy atom. The highest BCUT2D eigenvalue weighted by Gasteiger charge is 2.18. The topological polar surface area (TPSA) is 4.93 Å². The number of aromatic nitrogens is 1. The van der Waals surface area contributed by atoms with Crippen LogP contribution in [0.1, 0.15) is 0 Å². The second-order valence-corrected chi connectivity index (χ2v) is 14.1. The van der Waals surface area contributed by atoms with Crippen molar-refractivity contribution in [2.45, 2.75) is 0 Å². The van der Waals surface area contributed by atoms with Gasteiger partial charge in [-0.2, -0.15) is 0 Å². The van der Waals surface area contributed by atoms with Gasteiger partial charge in [0.1, 0.15) is 0 Å². The van der Waals surface area contributed by atoms with Gasteiger partial charge in [-0.1, -0.05) is 152 Å². The summed E-state index contributed by atoms with van der Waals surface area (Å²) in [4.78, 5) is 0. The molecule has 1 nitrogen and oxygen atoms in total. The molecule has 0 N–H and O–H groups in total. The molecule has 0 spiro atoms. The number of benzene rings is 10. The summed E-state index contributed by atoms with van der Waals surface area (Å²) in [5.74, 6) is 0. The Morgan fingerprint density at radius 1 is 0.264 bits per heavy atom. The Kier molecular flexibility index (Phi) is 6.62. The third kappa shape index (κ3) is 4.79. The quantitative estimate of drug-likeness (QED) is 0.161. The third-order valence-corrected chi connectivity index (χ3v) is 11.1. The summed E-state index contributed by atoms with van der Waals surface area (Å²) in [6.07, 6.45) is 0. The van der Waals surface area contributed by atoms with E-state index in [1.165, 1.54) is 104 Å². The zero-order valence-electron chi connectivity index (χ0n) is 29.0. The first-order valence-corrected chi connectivity index (χ1v) is 18.3. The van der Waals surface area contributed by atoms with E-state index >= 15 is 0 Å². The van der Waals surface area contributed by atoms with E-state index in [9.17, 15) is 0 Å². The van der Waals surface area contributed by atoms with Crippen molar-refractivity contribution in [3.8, 4) is 50.2 Å². The number of nitrogens with zero attached hydrogens (tertiary/aromatic N) is 1. The standard InChI is InChI=1S/C52H33N/c1-2-16-44(17-3-1)53-49-22-10-15-38-27-28-39-29-41(33-50(53)52(39)51(38)49)35-25-23-34(24-26-35)40-30-42(47-20-8-13-36-11-4-6-18-45(36)47)32-43(31-40)48-21-9-14-37-12-5-7-19-46(37)48/h1-33H. The van der Waals surface area contributed by atoms with Gasteiger partial charge in [-0.15, -0.1) is 0 Å². The molecule has 0 aliphatic rings. The molecule has 1 heteroatoms. The van der Waals surface area contributed by atoms with Crippen LogP contribution in [0.5, 0.6) is 0 Å². The molecule has 53 heavy (non-hydrogen) atoms. The molecule has 0 atom stereocenters. The first-order chi connectivity index (χ1) is 26.3. The number of hydrogen-bond acceptors (Lipinski definition) is 0. The first-order valence-electron chi connectivity index (χ1n) is 18.3. The summed E-state index contributed by atoms with van der Waals surface area (Å²) < 4.78 is 2.43. The Labute approximate surface area is 308 Å². The molecule has 1 heterocycles. The molecule has 0 radical (unpaired) electrons. The highest BCUT2D eigenvalue weighted by Crippen LogP contribution is 2.42. The van der Waals surface area contributed by atoms with E-state index in [4.69, 9.17) is 0 Å². The molecule has 0 saturated carbocycles. The van der Waals surface area contributed by atoms with Gasteiger partial charge >= 0.3 is 0 Å². The van der Waals surface area contributed by atoms with Gasteiger partial charge in [0, 0.05) is 16.5 Å². The Balaban J connectivity index is 1.08.